The zero-order chi connectivity index (χ0) is 23.7. The minimum absolute atomic E-state index is 0.00569. The molecular weight excluding hydrogens is 450 g/mol. The molecule has 4 aromatic rings. The van der Waals surface area contributed by atoms with Crippen LogP contribution in [0, 0.1) is 12.8 Å². The van der Waals surface area contributed by atoms with Gasteiger partial charge in [-0.25, -0.2) is 9.97 Å². The van der Waals surface area contributed by atoms with Gasteiger partial charge in [0.05, 0.1) is 11.6 Å². The minimum Gasteiger partial charge on any atom is -0.424 e. The third-order valence-electron chi connectivity index (χ3n) is 6.48. The summed E-state index contributed by atoms with van der Waals surface area (Å²) >= 11 is 6.06. The van der Waals surface area contributed by atoms with Gasteiger partial charge < -0.3 is 14.6 Å². The van der Waals surface area contributed by atoms with Crippen molar-refractivity contribution in [2.24, 2.45) is 5.92 Å². The number of piperidine rings is 1. The first-order valence-corrected chi connectivity index (χ1v) is 11.9. The summed E-state index contributed by atoms with van der Waals surface area (Å²) in [6.07, 6.45) is 5.42. The van der Waals surface area contributed by atoms with Crippen LogP contribution in [-0.2, 0) is 0 Å². The first kappa shape index (κ1) is 22.3. The number of nitrogens with zero attached hydrogens (tertiary/aromatic N) is 4. The van der Waals surface area contributed by atoms with Crippen LogP contribution in [0.5, 0.6) is 0 Å². The molecule has 7 nitrogen and oxygen atoms in total. The number of carbonyl (C=O) groups excluding carboxylic acids is 1. The van der Waals surface area contributed by atoms with E-state index in [0.29, 0.717) is 47.0 Å². The number of benzene rings is 2. The Labute approximate surface area is 203 Å². The average Bonchev–Trinajstić information content (AvgIpc) is 3.25. The molecule has 0 saturated carbocycles. The molecule has 1 N–H and O–H groups in total. The van der Waals surface area contributed by atoms with Crippen LogP contribution in [0.25, 0.3) is 22.5 Å². The van der Waals surface area contributed by atoms with E-state index in [0.717, 1.165) is 29.5 Å². The van der Waals surface area contributed by atoms with Gasteiger partial charge in [0.2, 0.25) is 0 Å². The average molecular weight is 476 g/mol. The largest absolute Gasteiger partial charge is 0.424 e. The van der Waals surface area contributed by atoms with Crippen molar-refractivity contribution in [3.05, 3.63) is 71.0 Å². The Morgan fingerprint density at radius 3 is 2.85 bits per heavy atom. The first-order valence-electron chi connectivity index (χ1n) is 11.5. The number of aromatic nitrogens is 3. The van der Waals surface area contributed by atoms with Crippen molar-refractivity contribution in [1.82, 2.24) is 19.9 Å². The number of fused-ring (bicyclic) bond motifs is 1. The molecule has 5 rings (SSSR count). The maximum Gasteiger partial charge on any atom is 0.295 e. The Bertz CT molecular complexity index is 1320. The first-order chi connectivity index (χ1) is 16.5. The zero-order valence-electron chi connectivity index (χ0n) is 19.2. The number of carbonyl (C=O) groups is 1. The Kier molecular flexibility index (Phi) is 6.20. The topological polar surface area (TPSA) is 84.2 Å². The quantitative estimate of drug-likeness (QED) is 0.404. The second-order valence-electron chi connectivity index (χ2n) is 8.77. The van der Waals surface area contributed by atoms with Crippen molar-refractivity contribution in [2.45, 2.75) is 32.7 Å². The van der Waals surface area contributed by atoms with Crippen molar-refractivity contribution < 1.29 is 9.21 Å². The highest BCUT2D eigenvalue weighted by Crippen LogP contribution is 2.30. The molecule has 2 aromatic carbocycles. The molecule has 3 heterocycles. The van der Waals surface area contributed by atoms with Crippen LogP contribution >= 0.6 is 11.6 Å². The lowest BCUT2D eigenvalue weighted by Gasteiger charge is -2.40. The fraction of sp³-hybridized carbons (Fsp3) is 0.308. The van der Waals surface area contributed by atoms with Crippen molar-refractivity contribution in [2.75, 3.05) is 18.4 Å². The zero-order valence-corrected chi connectivity index (χ0v) is 19.9. The molecule has 1 aliphatic rings. The van der Waals surface area contributed by atoms with Gasteiger partial charge >= 0.3 is 0 Å². The number of halogens is 1. The Morgan fingerprint density at radius 2 is 2.03 bits per heavy atom. The monoisotopic (exact) mass is 475 g/mol. The Morgan fingerprint density at radius 1 is 1.21 bits per heavy atom. The summed E-state index contributed by atoms with van der Waals surface area (Å²) < 4.78 is 5.82. The third-order valence-corrected chi connectivity index (χ3v) is 6.72. The van der Waals surface area contributed by atoms with Crippen LogP contribution in [0.3, 0.4) is 0 Å². The normalized spacial score (nSPS) is 18.3. The van der Waals surface area contributed by atoms with E-state index in [1.165, 1.54) is 0 Å². The highest BCUT2D eigenvalue weighted by atomic mass is 35.5. The summed E-state index contributed by atoms with van der Waals surface area (Å²) in [4.78, 5) is 29.2. The van der Waals surface area contributed by atoms with E-state index in [-0.39, 0.29) is 11.9 Å². The van der Waals surface area contributed by atoms with E-state index >= 15 is 0 Å². The molecule has 0 bridgehead atoms. The third kappa shape index (κ3) is 4.35. The van der Waals surface area contributed by atoms with Gasteiger partial charge in [0.15, 0.2) is 11.4 Å². The van der Waals surface area contributed by atoms with E-state index in [1.807, 2.05) is 36.1 Å². The SMILES string of the molecule is Cc1cccc(C(=O)N2CCCC(C)C2CNc2nc3ccc(Cl)cc3o2)c1-c1ncccn1. The fourth-order valence-corrected chi connectivity index (χ4v) is 4.87. The molecule has 2 unspecified atom stereocenters. The predicted octanol–water partition coefficient (Wildman–Crippen LogP) is 5.60. The van der Waals surface area contributed by atoms with Crippen molar-refractivity contribution >= 4 is 34.6 Å². The van der Waals surface area contributed by atoms with Crippen LogP contribution < -0.4 is 5.32 Å². The van der Waals surface area contributed by atoms with E-state index in [4.69, 9.17) is 16.0 Å². The molecule has 174 valence electrons. The molecule has 1 saturated heterocycles. The molecule has 2 aromatic heterocycles. The molecular formula is C26H26ClN5O2. The van der Waals surface area contributed by atoms with Gasteiger partial charge in [-0.2, -0.15) is 4.98 Å². The van der Waals surface area contributed by atoms with E-state index in [9.17, 15) is 4.79 Å². The lowest BCUT2D eigenvalue weighted by Crippen LogP contribution is -2.51. The Balaban J connectivity index is 1.42. The number of aryl methyl sites for hydroxylation is 1. The predicted molar refractivity (Wildman–Crippen MR) is 133 cm³/mol. The van der Waals surface area contributed by atoms with Crippen molar-refractivity contribution in [3.63, 3.8) is 0 Å². The molecule has 2 atom stereocenters. The van der Waals surface area contributed by atoms with Crippen LogP contribution in [0.1, 0.15) is 35.7 Å². The molecule has 8 heteroatoms. The van der Waals surface area contributed by atoms with Crippen LogP contribution in [0.2, 0.25) is 5.02 Å². The number of likely N-dealkylation sites (tertiary alicyclic amines) is 1. The molecule has 0 spiro atoms. The molecule has 34 heavy (non-hydrogen) atoms. The maximum absolute atomic E-state index is 13.9. The Hall–Kier alpha value is -3.45. The standard InChI is InChI=1S/C26H26ClN5O2/c1-16-7-4-13-32(21(16)15-30-26-31-20-10-9-18(27)14-22(20)34-26)25(33)19-8-3-6-17(2)23(19)24-28-11-5-12-29-24/h3,5-6,8-12,14,16,21H,4,7,13,15H2,1-2H3,(H,30,31). The molecule has 1 aliphatic heterocycles. The number of hydrogen-bond donors (Lipinski definition) is 1. The smallest absolute Gasteiger partial charge is 0.295 e. The van der Waals surface area contributed by atoms with E-state index in [1.54, 1.807) is 30.6 Å². The second kappa shape index (κ2) is 9.43. The summed E-state index contributed by atoms with van der Waals surface area (Å²) in [6, 6.07) is 13.3. The van der Waals surface area contributed by atoms with Crippen molar-refractivity contribution in [3.8, 4) is 11.4 Å². The summed E-state index contributed by atoms with van der Waals surface area (Å²) in [5.74, 6) is 0.882. The highest BCUT2D eigenvalue weighted by molar-refractivity contribution is 6.31. The van der Waals surface area contributed by atoms with Gasteiger partial charge in [0, 0.05) is 42.1 Å². The minimum atomic E-state index is -0.00935. The van der Waals surface area contributed by atoms with E-state index < -0.39 is 0 Å². The molecule has 0 aliphatic carbocycles. The summed E-state index contributed by atoms with van der Waals surface area (Å²) in [5, 5.41) is 3.91. The van der Waals surface area contributed by atoms with Crippen LogP contribution in [0.15, 0.2) is 59.3 Å². The lowest BCUT2D eigenvalue weighted by atomic mass is 9.89. The second-order valence-corrected chi connectivity index (χ2v) is 9.20. The fourth-order valence-electron chi connectivity index (χ4n) is 4.70. The number of anilines is 1. The molecule has 1 amide bonds. The molecule has 0 radical (unpaired) electrons. The lowest BCUT2D eigenvalue weighted by molar-refractivity contribution is 0.0540. The summed E-state index contributed by atoms with van der Waals surface area (Å²) in [5.41, 5.74) is 3.76. The maximum atomic E-state index is 13.9. The molecule has 1 fully saturated rings. The summed E-state index contributed by atoms with van der Waals surface area (Å²) in [7, 11) is 0. The number of rotatable bonds is 5. The summed E-state index contributed by atoms with van der Waals surface area (Å²) in [6.45, 7) is 5.41. The van der Waals surface area contributed by atoms with Gasteiger partial charge in [-0.3, -0.25) is 4.79 Å². The highest BCUT2D eigenvalue weighted by Gasteiger charge is 2.34. The van der Waals surface area contributed by atoms with Gasteiger partial charge in [-0.1, -0.05) is 30.7 Å². The van der Waals surface area contributed by atoms with Gasteiger partial charge in [0.25, 0.3) is 11.9 Å². The van der Waals surface area contributed by atoms with Gasteiger partial charge in [-0.05, 0) is 55.5 Å². The number of hydrogen-bond acceptors (Lipinski definition) is 6. The van der Waals surface area contributed by atoms with E-state index in [2.05, 4.69) is 27.2 Å². The van der Waals surface area contributed by atoms with Gasteiger partial charge in [0.1, 0.15) is 5.52 Å². The van der Waals surface area contributed by atoms with Gasteiger partial charge in [-0.15, -0.1) is 0 Å². The number of nitrogens with one attached hydrogen (secondary N) is 1. The van der Waals surface area contributed by atoms with Crippen LogP contribution in [-0.4, -0.2) is 44.9 Å². The van der Waals surface area contributed by atoms with Crippen molar-refractivity contribution in [1.29, 1.82) is 0 Å². The number of oxazole rings is 1. The number of amides is 1. The van der Waals surface area contributed by atoms with Crippen LogP contribution in [0.4, 0.5) is 6.01 Å².